The maximum absolute atomic E-state index is 12.4. The van der Waals surface area contributed by atoms with Crippen molar-refractivity contribution in [2.24, 2.45) is 5.92 Å². The van der Waals surface area contributed by atoms with E-state index in [1.54, 1.807) is 0 Å². The molecule has 2 N–H and O–H groups in total. The number of piperidine rings is 1. The van der Waals surface area contributed by atoms with Crippen LogP contribution < -0.4 is 15.4 Å². The first kappa shape index (κ1) is 17.5. The summed E-state index contributed by atoms with van der Waals surface area (Å²) < 4.78 is 5.94. The van der Waals surface area contributed by atoms with Gasteiger partial charge in [-0.1, -0.05) is 24.3 Å². The lowest BCUT2D eigenvalue weighted by Crippen LogP contribution is -2.28. The Labute approximate surface area is 149 Å². The van der Waals surface area contributed by atoms with E-state index in [1.165, 1.54) is 12.8 Å². The van der Waals surface area contributed by atoms with Crippen molar-refractivity contribution in [1.29, 1.82) is 0 Å². The van der Waals surface area contributed by atoms with Crippen molar-refractivity contribution in [3.63, 3.8) is 0 Å². The molecule has 0 saturated carbocycles. The summed E-state index contributed by atoms with van der Waals surface area (Å²) in [5.74, 6) is 2.15. The highest BCUT2D eigenvalue weighted by Crippen LogP contribution is 2.30. The van der Waals surface area contributed by atoms with E-state index in [-0.39, 0.29) is 5.91 Å². The average Bonchev–Trinajstić information content (AvgIpc) is 2.64. The first-order chi connectivity index (χ1) is 12.2. The van der Waals surface area contributed by atoms with Crippen molar-refractivity contribution in [1.82, 2.24) is 5.32 Å². The normalized spacial score (nSPS) is 14.9. The van der Waals surface area contributed by atoms with E-state index >= 15 is 0 Å². The number of hydrogen-bond acceptors (Lipinski definition) is 3. The third-order valence-electron chi connectivity index (χ3n) is 4.62. The Bertz CT molecular complexity index is 694. The van der Waals surface area contributed by atoms with Gasteiger partial charge < -0.3 is 15.4 Å². The van der Waals surface area contributed by atoms with Crippen LogP contribution in [0.25, 0.3) is 0 Å². The van der Waals surface area contributed by atoms with Crippen LogP contribution in [0, 0.1) is 12.8 Å². The summed E-state index contributed by atoms with van der Waals surface area (Å²) >= 11 is 0. The topological polar surface area (TPSA) is 50.4 Å². The first-order valence-electron chi connectivity index (χ1n) is 9.05. The monoisotopic (exact) mass is 338 g/mol. The summed E-state index contributed by atoms with van der Waals surface area (Å²) in [5.41, 5.74) is 1.83. The molecule has 25 heavy (non-hydrogen) atoms. The molecule has 2 aromatic carbocycles. The first-order valence-corrected chi connectivity index (χ1v) is 9.05. The minimum atomic E-state index is 0.0574. The second-order valence-corrected chi connectivity index (χ2v) is 6.69. The number of amides is 1. The van der Waals surface area contributed by atoms with Crippen LogP contribution >= 0.6 is 0 Å². The highest BCUT2D eigenvalue weighted by Gasteiger charge is 2.15. The van der Waals surface area contributed by atoms with Crippen LogP contribution in [0.3, 0.4) is 0 Å². The van der Waals surface area contributed by atoms with E-state index in [9.17, 15) is 4.79 Å². The predicted octanol–water partition coefficient (Wildman–Crippen LogP) is 4.51. The fraction of sp³-hybridized carbons (Fsp3) is 0.381. The van der Waals surface area contributed by atoms with Gasteiger partial charge in [-0.2, -0.15) is 0 Å². The zero-order valence-electron chi connectivity index (χ0n) is 14.8. The van der Waals surface area contributed by atoms with Crippen LogP contribution in [-0.2, 0) is 4.79 Å². The summed E-state index contributed by atoms with van der Waals surface area (Å²) in [5, 5.41) is 6.39. The van der Waals surface area contributed by atoms with Crippen LogP contribution in [-0.4, -0.2) is 19.0 Å². The molecule has 1 aliphatic heterocycles. The molecule has 4 nitrogen and oxygen atoms in total. The number of hydrogen-bond donors (Lipinski definition) is 2. The molecular weight excluding hydrogens is 312 g/mol. The lowest BCUT2D eigenvalue weighted by atomic mass is 9.93. The fourth-order valence-corrected chi connectivity index (χ4v) is 3.16. The van der Waals surface area contributed by atoms with Crippen molar-refractivity contribution in [2.75, 3.05) is 18.4 Å². The zero-order valence-corrected chi connectivity index (χ0v) is 14.8. The van der Waals surface area contributed by atoms with Gasteiger partial charge in [-0.15, -0.1) is 0 Å². The molecule has 3 rings (SSSR count). The summed E-state index contributed by atoms with van der Waals surface area (Å²) in [6, 6.07) is 15.5. The van der Waals surface area contributed by atoms with Crippen LogP contribution in [0.15, 0.2) is 48.5 Å². The van der Waals surface area contributed by atoms with Gasteiger partial charge in [0, 0.05) is 6.42 Å². The molecule has 2 aromatic rings. The number of rotatable bonds is 6. The number of anilines is 1. The molecule has 1 saturated heterocycles. The molecule has 0 aliphatic carbocycles. The van der Waals surface area contributed by atoms with Crippen molar-refractivity contribution in [3.05, 3.63) is 54.1 Å². The molecule has 0 radical (unpaired) electrons. The molecular formula is C21H26N2O2. The molecule has 1 aliphatic rings. The Morgan fingerprint density at radius 1 is 1.16 bits per heavy atom. The second kappa shape index (κ2) is 8.67. The fourth-order valence-electron chi connectivity index (χ4n) is 3.16. The Balaban J connectivity index is 1.62. The number of para-hydroxylation sites is 1. The Kier molecular flexibility index (Phi) is 6.07. The largest absolute Gasteiger partial charge is 0.455 e. The Hall–Kier alpha value is -2.33. The van der Waals surface area contributed by atoms with Gasteiger partial charge in [0.1, 0.15) is 5.75 Å². The van der Waals surface area contributed by atoms with E-state index < -0.39 is 0 Å². The highest BCUT2D eigenvalue weighted by atomic mass is 16.5. The quantitative estimate of drug-likeness (QED) is 0.815. The third-order valence-corrected chi connectivity index (χ3v) is 4.62. The minimum absolute atomic E-state index is 0.0574. The number of ether oxygens (including phenoxy) is 1. The molecule has 132 valence electrons. The number of nitrogens with one attached hydrogen (secondary N) is 2. The molecule has 0 unspecified atom stereocenters. The summed E-state index contributed by atoms with van der Waals surface area (Å²) in [6.07, 6.45) is 3.85. The smallest absolute Gasteiger partial charge is 0.224 e. The lowest BCUT2D eigenvalue weighted by molar-refractivity contribution is -0.116. The standard InChI is InChI=1S/C21H26N2O2/c1-16-7-9-20(25-18-5-3-2-4-6-18)19(15-16)23-21(24)10-8-17-11-13-22-14-12-17/h2-7,9,15,17,22H,8,10-14H2,1H3,(H,23,24). The second-order valence-electron chi connectivity index (χ2n) is 6.69. The predicted molar refractivity (Wildman–Crippen MR) is 101 cm³/mol. The third kappa shape index (κ3) is 5.33. The van der Waals surface area contributed by atoms with Gasteiger partial charge in [0.05, 0.1) is 5.69 Å². The van der Waals surface area contributed by atoms with Crippen LogP contribution in [0.1, 0.15) is 31.2 Å². The lowest BCUT2D eigenvalue weighted by Gasteiger charge is -2.22. The number of carbonyl (C=O) groups excluding carboxylic acids is 1. The Morgan fingerprint density at radius 3 is 2.68 bits per heavy atom. The molecule has 1 heterocycles. The zero-order chi connectivity index (χ0) is 17.5. The van der Waals surface area contributed by atoms with Crippen LogP contribution in [0.4, 0.5) is 5.69 Å². The molecule has 0 bridgehead atoms. The maximum Gasteiger partial charge on any atom is 0.224 e. The SMILES string of the molecule is Cc1ccc(Oc2ccccc2)c(NC(=O)CCC2CCNCC2)c1. The number of benzene rings is 2. The summed E-state index contributed by atoms with van der Waals surface area (Å²) in [6.45, 7) is 4.15. The van der Waals surface area contributed by atoms with E-state index in [0.717, 1.165) is 36.5 Å². The Morgan fingerprint density at radius 2 is 1.92 bits per heavy atom. The summed E-state index contributed by atoms with van der Waals surface area (Å²) in [4.78, 5) is 12.4. The number of carbonyl (C=O) groups is 1. The minimum Gasteiger partial charge on any atom is -0.455 e. The van der Waals surface area contributed by atoms with E-state index in [1.807, 2.05) is 55.5 Å². The molecule has 1 fully saturated rings. The van der Waals surface area contributed by atoms with Gasteiger partial charge in [-0.3, -0.25) is 4.79 Å². The van der Waals surface area contributed by atoms with Crippen molar-refractivity contribution >= 4 is 11.6 Å². The van der Waals surface area contributed by atoms with Crippen molar-refractivity contribution < 1.29 is 9.53 Å². The molecule has 1 amide bonds. The molecule has 0 aromatic heterocycles. The summed E-state index contributed by atoms with van der Waals surface area (Å²) in [7, 11) is 0. The van der Waals surface area contributed by atoms with Crippen LogP contribution in [0.5, 0.6) is 11.5 Å². The van der Waals surface area contributed by atoms with Crippen molar-refractivity contribution in [2.45, 2.75) is 32.6 Å². The van der Waals surface area contributed by atoms with Gasteiger partial charge in [0.25, 0.3) is 0 Å². The number of aryl methyl sites for hydroxylation is 1. The van der Waals surface area contributed by atoms with Gasteiger partial charge in [0.2, 0.25) is 5.91 Å². The highest BCUT2D eigenvalue weighted by molar-refractivity contribution is 5.92. The van der Waals surface area contributed by atoms with Crippen LogP contribution in [0.2, 0.25) is 0 Å². The van der Waals surface area contributed by atoms with Gasteiger partial charge >= 0.3 is 0 Å². The van der Waals surface area contributed by atoms with Crippen molar-refractivity contribution in [3.8, 4) is 11.5 Å². The van der Waals surface area contributed by atoms with Gasteiger partial charge in [-0.25, -0.2) is 0 Å². The molecule has 0 atom stereocenters. The van der Waals surface area contributed by atoms with E-state index in [2.05, 4.69) is 10.6 Å². The van der Waals surface area contributed by atoms with Gasteiger partial charge in [0.15, 0.2) is 5.75 Å². The van der Waals surface area contributed by atoms with E-state index in [0.29, 0.717) is 18.1 Å². The van der Waals surface area contributed by atoms with Gasteiger partial charge in [-0.05, 0) is 75.0 Å². The molecule has 4 heteroatoms. The average molecular weight is 338 g/mol. The van der Waals surface area contributed by atoms with E-state index in [4.69, 9.17) is 4.74 Å². The maximum atomic E-state index is 12.4. The molecule has 0 spiro atoms.